The highest BCUT2D eigenvalue weighted by molar-refractivity contribution is 7.17. The molecule has 2 heterocycles. The second kappa shape index (κ2) is 7.36. The number of hydrogen-bond donors (Lipinski definition) is 1. The molecule has 0 spiro atoms. The first-order valence-corrected chi connectivity index (χ1v) is 9.60. The number of benzene rings is 2. The number of thiophene rings is 1. The minimum absolute atomic E-state index is 0.0933. The van der Waals surface area contributed by atoms with Gasteiger partial charge in [-0.05, 0) is 34.7 Å². The number of nitrogens with one attached hydrogen (secondary N) is 1. The maximum atomic E-state index is 12.8. The molecule has 5 heteroatoms. The predicted octanol–water partition coefficient (Wildman–Crippen LogP) is 5.33. The van der Waals surface area contributed by atoms with Crippen molar-refractivity contribution in [2.24, 2.45) is 0 Å². The van der Waals surface area contributed by atoms with E-state index in [1.165, 1.54) is 0 Å². The van der Waals surface area contributed by atoms with Gasteiger partial charge in [-0.15, -0.1) is 11.3 Å². The molecular formula is C21H17ClN2OS. The Labute approximate surface area is 160 Å². The lowest BCUT2D eigenvalue weighted by molar-refractivity contribution is 0.0942. The lowest BCUT2D eigenvalue weighted by atomic mass is 10.2. The Balaban J connectivity index is 1.61. The number of amides is 1. The van der Waals surface area contributed by atoms with Crippen LogP contribution in [0.25, 0.3) is 10.2 Å². The first-order valence-electron chi connectivity index (χ1n) is 8.34. The summed E-state index contributed by atoms with van der Waals surface area (Å²) in [5.74, 6) is -0.0933. The number of carbonyl (C=O) groups is 1. The Bertz CT molecular complexity index is 1050. The molecule has 4 rings (SSSR count). The van der Waals surface area contributed by atoms with Crippen LogP contribution < -0.4 is 5.32 Å². The molecule has 0 saturated carbocycles. The van der Waals surface area contributed by atoms with Crippen LogP contribution in [0.2, 0.25) is 5.02 Å². The van der Waals surface area contributed by atoms with Gasteiger partial charge in [0, 0.05) is 18.1 Å². The van der Waals surface area contributed by atoms with E-state index in [9.17, 15) is 4.79 Å². The van der Waals surface area contributed by atoms with Gasteiger partial charge in [0.05, 0.1) is 10.2 Å². The van der Waals surface area contributed by atoms with Crippen molar-refractivity contribution < 1.29 is 4.79 Å². The number of hydrogen-bond acceptors (Lipinski definition) is 2. The topological polar surface area (TPSA) is 34.0 Å². The van der Waals surface area contributed by atoms with Gasteiger partial charge in [0.15, 0.2) is 0 Å². The molecule has 0 saturated heterocycles. The lowest BCUT2D eigenvalue weighted by Gasteiger charge is -2.11. The Morgan fingerprint density at radius 2 is 1.81 bits per heavy atom. The molecule has 4 aromatic rings. The summed E-state index contributed by atoms with van der Waals surface area (Å²) >= 11 is 7.83. The van der Waals surface area contributed by atoms with Crippen LogP contribution in [0.5, 0.6) is 0 Å². The highest BCUT2D eigenvalue weighted by Crippen LogP contribution is 2.26. The Morgan fingerprint density at radius 3 is 2.62 bits per heavy atom. The van der Waals surface area contributed by atoms with Crippen LogP contribution in [-0.2, 0) is 13.1 Å². The Kier molecular flexibility index (Phi) is 4.78. The molecule has 0 aliphatic carbocycles. The van der Waals surface area contributed by atoms with Gasteiger partial charge in [-0.2, -0.15) is 0 Å². The van der Waals surface area contributed by atoms with E-state index in [4.69, 9.17) is 11.6 Å². The quantitative estimate of drug-likeness (QED) is 0.498. The first kappa shape index (κ1) is 16.9. The molecule has 26 heavy (non-hydrogen) atoms. The van der Waals surface area contributed by atoms with Gasteiger partial charge in [-0.25, -0.2) is 0 Å². The van der Waals surface area contributed by atoms with Crippen LogP contribution in [0, 0.1) is 0 Å². The van der Waals surface area contributed by atoms with Crippen LogP contribution in [0.1, 0.15) is 21.6 Å². The molecule has 1 amide bonds. The van der Waals surface area contributed by atoms with Crippen LogP contribution >= 0.6 is 22.9 Å². The molecule has 2 aromatic carbocycles. The van der Waals surface area contributed by atoms with Gasteiger partial charge in [0.25, 0.3) is 5.91 Å². The smallest absolute Gasteiger partial charge is 0.268 e. The molecule has 0 aliphatic rings. The van der Waals surface area contributed by atoms with Crippen molar-refractivity contribution >= 4 is 39.1 Å². The van der Waals surface area contributed by atoms with Crippen molar-refractivity contribution in [2.45, 2.75) is 13.1 Å². The normalized spacial score (nSPS) is 11.0. The first-order chi connectivity index (χ1) is 12.7. The van der Waals surface area contributed by atoms with Crippen LogP contribution in [0.3, 0.4) is 0 Å². The van der Waals surface area contributed by atoms with Gasteiger partial charge < -0.3 is 9.88 Å². The third kappa shape index (κ3) is 3.39. The minimum atomic E-state index is -0.0933. The number of nitrogens with zero attached hydrogens (tertiary/aromatic N) is 1. The summed E-state index contributed by atoms with van der Waals surface area (Å²) in [4.78, 5) is 12.8. The fourth-order valence-electron chi connectivity index (χ4n) is 3.01. The van der Waals surface area contributed by atoms with E-state index >= 15 is 0 Å². The van der Waals surface area contributed by atoms with Gasteiger partial charge in [-0.1, -0.05) is 60.1 Å². The van der Waals surface area contributed by atoms with Gasteiger partial charge in [0.2, 0.25) is 0 Å². The van der Waals surface area contributed by atoms with E-state index in [1.54, 1.807) is 11.3 Å². The SMILES string of the molecule is O=C(NCc1ccccc1Cl)c1cc2sccc2n1Cc1ccccc1. The van der Waals surface area contributed by atoms with Crippen molar-refractivity contribution in [3.05, 3.63) is 94.0 Å². The number of rotatable bonds is 5. The van der Waals surface area contributed by atoms with Crippen LogP contribution in [0.15, 0.2) is 72.1 Å². The second-order valence-corrected chi connectivity index (χ2v) is 7.40. The highest BCUT2D eigenvalue weighted by atomic mass is 35.5. The standard InChI is InChI=1S/C21H17ClN2OS/c22-17-9-5-4-8-16(17)13-23-21(25)19-12-20-18(10-11-26-20)24(19)14-15-6-2-1-3-7-15/h1-12H,13-14H2,(H,23,25). The zero-order chi connectivity index (χ0) is 17.9. The van der Waals surface area contributed by atoms with Gasteiger partial charge in [-0.3, -0.25) is 4.79 Å². The summed E-state index contributed by atoms with van der Waals surface area (Å²) in [6, 6.07) is 21.7. The number of fused-ring (bicyclic) bond motifs is 1. The molecule has 0 aliphatic heterocycles. The van der Waals surface area contributed by atoms with Crippen molar-refractivity contribution in [1.82, 2.24) is 9.88 Å². The van der Waals surface area contributed by atoms with Crippen molar-refractivity contribution in [3.63, 3.8) is 0 Å². The maximum Gasteiger partial charge on any atom is 0.268 e. The summed E-state index contributed by atoms with van der Waals surface area (Å²) in [6.07, 6.45) is 0. The van der Waals surface area contributed by atoms with Gasteiger partial charge >= 0.3 is 0 Å². The summed E-state index contributed by atoms with van der Waals surface area (Å²) in [5, 5.41) is 5.71. The molecule has 0 unspecified atom stereocenters. The summed E-state index contributed by atoms with van der Waals surface area (Å²) < 4.78 is 3.19. The second-order valence-electron chi connectivity index (χ2n) is 6.05. The molecule has 130 valence electrons. The van der Waals surface area contributed by atoms with Crippen LogP contribution in [-0.4, -0.2) is 10.5 Å². The molecule has 2 aromatic heterocycles. The number of aromatic nitrogens is 1. The summed E-state index contributed by atoms with van der Waals surface area (Å²) in [7, 11) is 0. The fourth-order valence-corrected chi connectivity index (χ4v) is 4.03. The third-order valence-electron chi connectivity index (χ3n) is 4.34. The van der Waals surface area contributed by atoms with E-state index < -0.39 is 0 Å². The van der Waals surface area contributed by atoms with E-state index in [2.05, 4.69) is 33.5 Å². The average Bonchev–Trinajstić information content (AvgIpc) is 3.24. The fraction of sp³-hybridized carbons (Fsp3) is 0.0952. The predicted molar refractivity (Wildman–Crippen MR) is 108 cm³/mol. The zero-order valence-electron chi connectivity index (χ0n) is 14.0. The molecule has 3 nitrogen and oxygen atoms in total. The molecule has 0 fully saturated rings. The van der Waals surface area contributed by atoms with E-state index in [-0.39, 0.29) is 5.91 Å². The average molecular weight is 381 g/mol. The summed E-state index contributed by atoms with van der Waals surface area (Å²) in [6.45, 7) is 1.07. The van der Waals surface area contributed by atoms with E-state index in [0.717, 1.165) is 21.3 Å². The van der Waals surface area contributed by atoms with E-state index in [0.29, 0.717) is 23.8 Å². The molecule has 1 N–H and O–H groups in total. The zero-order valence-corrected chi connectivity index (χ0v) is 15.6. The molecular weight excluding hydrogens is 364 g/mol. The third-order valence-corrected chi connectivity index (χ3v) is 5.56. The number of halogens is 1. The maximum absolute atomic E-state index is 12.8. The monoisotopic (exact) mass is 380 g/mol. The van der Waals surface area contributed by atoms with Crippen molar-refractivity contribution in [1.29, 1.82) is 0 Å². The van der Waals surface area contributed by atoms with Gasteiger partial charge in [0.1, 0.15) is 5.69 Å². The minimum Gasteiger partial charge on any atom is -0.347 e. The molecule has 0 bridgehead atoms. The van der Waals surface area contributed by atoms with Crippen molar-refractivity contribution in [2.75, 3.05) is 0 Å². The summed E-state index contributed by atoms with van der Waals surface area (Å²) in [5.41, 5.74) is 3.83. The molecule has 0 radical (unpaired) electrons. The highest BCUT2D eigenvalue weighted by Gasteiger charge is 2.16. The van der Waals surface area contributed by atoms with E-state index in [1.807, 2.05) is 48.5 Å². The van der Waals surface area contributed by atoms with Crippen LogP contribution in [0.4, 0.5) is 0 Å². The lowest BCUT2D eigenvalue weighted by Crippen LogP contribution is -2.25. The largest absolute Gasteiger partial charge is 0.347 e. The Morgan fingerprint density at radius 1 is 1.04 bits per heavy atom. The van der Waals surface area contributed by atoms with Crippen molar-refractivity contribution in [3.8, 4) is 0 Å². The molecule has 0 atom stereocenters. The number of carbonyl (C=O) groups excluding carboxylic acids is 1. The Hall–Kier alpha value is -2.56.